The first-order chi connectivity index (χ1) is 10.6. The Balaban J connectivity index is 1.80. The summed E-state index contributed by atoms with van der Waals surface area (Å²) >= 11 is 0. The number of nitrogens with zero attached hydrogens (tertiary/aromatic N) is 2. The molecular formula is C18H21N3O. The van der Waals surface area contributed by atoms with E-state index in [-0.39, 0.29) is 5.91 Å². The average molecular weight is 295 g/mol. The third kappa shape index (κ3) is 3.11. The quantitative estimate of drug-likeness (QED) is 0.942. The topological polar surface area (TPSA) is 45.2 Å². The Kier molecular flexibility index (Phi) is 4.09. The Bertz CT molecular complexity index is 690. The molecule has 0 radical (unpaired) electrons. The highest BCUT2D eigenvalue weighted by molar-refractivity contribution is 6.03. The van der Waals surface area contributed by atoms with Crippen molar-refractivity contribution in [3.63, 3.8) is 0 Å². The van der Waals surface area contributed by atoms with Gasteiger partial charge in [-0.1, -0.05) is 18.2 Å². The van der Waals surface area contributed by atoms with Crippen LogP contribution in [0.25, 0.3) is 0 Å². The van der Waals surface area contributed by atoms with Crippen LogP contribution >= 0.6 is 0 Å². The maximum absolute atomic E-state index is 12.5. The van der Waals surface area contributed by atoms with E-state index in [1.165, 1.54) is 12.8 Å². The zero-order valence-electron chi connectivity index (χ0n) is 13.1. The zero-order chi connectivity index (χ0) is 15.5. The third-order valence-corrected chi connectivity index (χ3v) is 4.04. The summed E-state index contributed by atoms with van der Waals surface area (Å²) in [5, 5.41) is 2.97. The smallest absolute Gasteiger partial charge is 0.274 e. The lowest BCUT2D eigenvalue weighted by Crippen LogP contribution is -2.21. The fourth-order valence-electron chi connectivity index (χ4n) is 2.73. The van der Waals surface area contributed by atoms with Crippen molar-refractivity contribution in [2.24, 2.45) is 0 Å². The molecule has 0 unspecified atom stereocenters. The number of nitrogens with one attached hydrogen (secondary N) is 1. The van der Waals surface area contributed by atoms with Gasteiger partial charge in [0.05, 0.1) is 0 Å². The van der Waals surface area contributed by atoms with Gasteiger partial charge in [0, 0.05) is 18.8 Å². The largest absolute Gasteiger partial charge is 0.357 e. The van der Waals surface area contributed by atoms with Gasteiger partial charge < -0.3 is 10.2 Å². The third-order valence-electron chi connectivity index (χ3n) is 4.04. The summed E-state index contributed by atoms with van der Waals surface area (Å²) in [5.74, 6) is 0.737. The predicted octanol–water partition coefficient (Wildman–Crippen LogP) is 3.55. The second-order valence-corrected chi connectivity index (χ2v) is 5.85. The van der Waals surface area contributed by atoms with Gasteiger partial charge in [-0.3, -0.25) is 4.79 Å². The van der Waals surface area contributed by atoms with Crippen molar-refractivity contribution >= 4 is 17.4 Å². The normalized spacial score (nSPS) is 14.2. The van der Waals surface area contributed by atoms with Crippen molar-refractivity contribution in [1.82, 2.24) is 4.98 Å². The van der Waals surface area contributed by atoms with Crippen LogP contribution in [0.1, 0.15) is 34.5 Å². The zero-order valence-corrected chi connectivity index (χ0v) is 13.1. The van der Waals surface area contributed by atoms with E-state index in [0.717, 1.165) is 35.7 Å². The van der Waals surface area contributed by atoms with Gasteiger partial charge in [-0.15, -0.1) is 0 Å². The maximum Gasteiger partial charge on any atom is 0.274 e. The van der Waals surface area contributed by atoms with Gasteiger partial charge in [-0.2, -0.15) is 0 Å². The number of rotatable bonds is 3. The summed E-state index contributed by atoms with van der Waals surface area (Å²) in [5.41, 5.74) is 3.48. The van der Waals surface area contributed by atoms with Gasteiger partial charge >= 0.3 is 0 Å². The fourth-order valence-corrected chi connectivity index (χ4v) is 2.73. The first-order valence-electron chi connectivity index (χ1n) is 7.74. The number of aromatic nitrogens is 1. The van der Waals surface area contributed by atoms with Crippen molar-refractivity contribution in [3.05, 3.63) is 53.2 Å². The van der Waals surface area contributed by atoms with Crippen molar-refractivity contribution in [1.29, 1.82) is 0 Å². The molecule has 0 saturated carbocycles. The minimum atomic E-state index is -0.158. The summed E-state index contributed by atoms with van der Waals surface area (Å²) in [4.78, 5) is 19.2. The molecule has 114 valence electrons. The maximum atomic E-state index is 12.5. The summed E-state index contributed by atoms with van der Waals surface area (Å²) < 4.78 is 0. The molecule has 1 amide bonds. The Hall–Kier alpha value is -2.36. The molecule has 1 aliphatic heterocycles. The van der Waals surface area contributed by atoms with E-state index in [9.17, 15) is 4.79 Å². The molecule has 0 spiro atoms. The van der Waals surface area contributed by atoms with Crippen LogP contribution < -0.4 is 10.2 Å². The van der Waals surface area contributed by atoms with Crippen LogP contribution in [0, 0.1) is 13.8 Å². The van der Waals surface area contributed by atoms with E-state index >= 15 is 0 Å². The van der Waals surface area contributed by atoms with Gasteiger partial charge in [-0.25, -0.2) is 4.98 Å². The van der Waals surface area contributed by atoms with Crippen molar-refractivity contribution in [2.75, 3.05) is 23.3 Å². The van der Waals surface area contributed by atoms with E-state index in [4.69, 9.17) is 0 Å². The lowest BCUT2D eigenvalue weighted by molar-refractivity contribution is 0.102. The van der Waals surface area contributed by atoms with Crippen molar-refractivity contribution < 1.29 is 4.79 Å². The number of pyridine rings is 1. The summed E-state index contributed by atoms with van der Waals surface area (Å²) in [6.45, 7) is 6.05. The van der Waals surface area contributed by atoms with Gasteiger partial charge in [0.1, 0.15) is 11.5 Å². The van der Waals surface area contributed by atoms with E-state index in [2.05, 4.69) is 15.2 Å². The number of anilines is 2. The molecular weight excluding hydrogens is 274 g/mol. The second-order valence-electron chi connectivity index (χ2n) is 5.85. The average Bonchev–Trinajstić information content (AvgIpc) is 3.05. The lowest BCUT2D eigenvalue weighted by Gasteiger charge is -2.17. The van der Waals surface area contributed by atoms with E-state index in [1.807, 2.05) is 44.2 Å². The number of benzene rings is 1. The Labute approximate surface area is 131 Å². The number of hydrogen-bond donors (Lipinski definition) is 1. The molecule has 0 bridgehead atoms. The van der Waals surface area contributed by atoms with Gasteiger partial charge in [0.25, 0.3) is 5.91 Å². The van der Waals surface area contributed by atoms with Crippen LogP contribution in [0.3, 0.4) is 0 Å². The van der Waals surface area contributed by atoms with Crippen LogP contribution in [0.15, 0.2) is 36.4 Å². The van der Waals surface area contributed by atoms with Crippen LogP contribution in [-0.4, -0.2) is 24.0 Å². The Morgan fingerprint density at radius 2 is 1.91 bits per heavy atom. The molecule has 0 atom stereocenters. The minimum absolute atomic E-state index is 0.158. The highest BCUT2D eigenvalue weighted by Gasteiger charge is 2.16. The summed E-state index contributed by atoms with van der Waals surface area (Å²) in [6, 6.07) is 11.7. The molecule has 1 fully saturated rings. The van der Waals surface area contributed by atoms with E-state index < -0.39 is 0 Å². The SMILES string of the molecule is Cc1ccc(C)c(NC(=O)c2cccc(N3CCCC3)n2)c1. The van der Waals surface area contributed by atoms with Crippen molar-refractivity contribution in [3.8, 4) is 0 Å². The Morgan fingerprint density at radius 1 is 1.14 bits per heavy atom. The molecule has 1 saturated heterocycles. The van der Waals surface area contributed by atoms with Crippen LogP contribution in [-0.2, 0) is 0 Å². The monoisotopic (exact) mass is 295 g/mol. The number of carbonyl (C=O) groups is 1. The first-order valence-corrected chi connectivity index (χ1v) is 7.74. The number of amides is 1. The van der Waals surface area contributed by atoms with Crippen LogP contribution in [0.4, 0.5) is 11.5 Å². The highest BCUT2D eigenvalue weighted by atomic mass is 16.1. The molecule has 1 aromatic heterocycles. The van der Waals surface area contributed by atoms with Crippen LogP contribution in [0.5, 0.6) is 0 Å². The van der Waals surface area contributed by atoms with E-state index in [0.29, 0.717) is 5.69 Å². The standard InChI is InChI=1S/C18H21N3O/c1-13-8-9-14(2)16(12-13)20-18(22)15-6-5-7-17(19-15)21-10-3-4-11-21/h5-9,12H,3-4,10-11H2,1-2H3,(H,20,22). The number of hydrogen-bond acceptors (Lipinski definition) is 3. The molecule has 4 heteroatoms. The minimum Gasteiger partial charge on any atom is -0.357 e. The molecule has 2 aromatic rings. The molecule has 0 aliphatic carbocycles. The molecule has 4 nitrogen and oxygen atoms in total. The molecule has 3 rings (SSSR count). The summed E-state index contributed by atoms with van der Waals surface area (Å²) in [7, 11) is 0. The predicted molar refractivity (Wildman–Crippen MR) is 89.6 cm³/mol. The molecule has 1 aliphatic rings. The second kappa shape index (κ2) is 6.18. The number of carbonyl (C=O) groups excluding carboxylic acids is 1. The molecule has 1 N–H and O–H groups in total. The molecule has 2 heterocycles. The van der Waals surface area contributed by atoms with Crippen LogP contribution in [0.2, 0.25) is 0 Å². The lowest BCUT2D eigenvalue weighted by atomic mass is 10.1. The molecule has 1 aromatic carbocycles. The van der Waals surface area contributed by atoms with E-state index in [1.54, 1.807) is 6.07 Å². The van der Waals surface area contributed by atoms with Crippen molar-refractivity contribution in [2.45, 2.75) is 26.7 Å². The van der Waals surface area contributed by atoms with Gasteiger partial charge in [0.15, 0.2) is 0 Å². The van der Waals surface area contributed by atoms with Gasteiger partial charge in [0.2, 0.25) is 0 Å². The van der Waals surface area contributed by atoms with Gasteiger partial charge in [-0.05, 0) is 56.0 Å². The Morgan fingerprint density at radius 3 is 2.68 bits per heavy atom. The first kappa shape index (κ1) is 14.6. The summed E-state index contributed by atoms with van der Waals surface area (Å²) in [6.07, 6.45) is 2.39. The highest BCUT2D eigenvalue weighted by Crippen LogP contribution is 2.20. The number of aryl methyl sites for hydroxylation is 2. The molecule has 22 heavy (non-hydrogen) atoms. The fraction of sp³-hybridized carbons (Fsp3) is 0.333.